The minimum atomic E-state index is -0.284. The third-order valence-electron chi connectivity index (χ3n) is 3.58. The van der Waals surface area contributed by atoms with Gasteiger partial charge in [-0.15, -0.1) is 0 Å². The first kappa shape index (κ1) is 13.8. The maximum Gasteiger partial charge on any atom is 0.231 e. The number of amides is 1. The second kappa shape index (κ2) is 5.57. The third kappa shape index (κ3) is 3.03. The lowest BCUT2D eigenvalue weighted by Gasteiger charge is -2.32. The molecule has 1 fully saturated rings. The number of piperidine rings is 1. The van der Waals surface area contributed by atoms with Crippen molar-refractivity contribution in [3.63, 3.8) is 0 Å². The number of nitrogens with one attached hydrogen (secondary N) is 2. The van der Waals surface area contributed by atoms with Crippen molar-refractivity contribution < 1.29 is 4.79 Å². The number of carbonyl (C=O) groups is 1. The number of rotatable bonds is 2. The van der Waals surface area contributed by atoms with Crippen LogP contribution in [0.1, 0.15) is 25.3 Å². The summed E-state index contributed by atoms with van der Waals surface area (Å²) in [6.07, 6.45) is 2.02. The minimum Gasteiger partial charge on any atom is -0.325 e. The highest BCUT2D eigenvalue weighted by Crippen LogP contribution is 2.28. The Labute approximate surface area is 122 Å². The average Bonchev–Trinajstić information content (AvgIpc) is 2.33. The molecule has 2 rings (SSSR count). The maximum absolute atomic E-state index is 12.4. The van der Waals surface area contributed by atoms with Crippen LogP contribution in [0.15, 0.2) is 18.2 Å². The molecule has 1 unspecified atom stereocenters. The normalized spacial score (nSPS) is 23.7. The smallest absolute Gasteiger partial charge is 0.231 e. The molecule has 0 bridgehead atoms. The summed E-state index contributed by atoms with van der Waals surface area (Å²) >= 11 is 2.28. The van der Waals surface area contributed by atoms with Crippen molar-refractivity contribution in [3.8, 4) is 0 Å². The van der Waals surface area contributed by atoms with Crippen molar-refractivity contribution in [3.05, 3.63) is 27.3 Å². The van der Waals surface area contributed by atoms with Crippen LogP contribution >= 0.6 is 22.6 Å². The molecule has 1 atom stereocenters. The van der Waals surface area contributed by atoms with Crippen LogP contribution in [0.2, 0.25) is 0 Å². The summed E-state index contributed by atoms with van der Waals surface area (Å²) in [5.74, 6) is 0.124. The van der Waals surface area contributed by atoms with Crippen molar-refractivity contribution in [1.29, 1.82) is 0 Å². The van der Waals surface area contributed by atoms with Crippen molar-refractivity contribution in [2.75, 3.05) is 18.4 Å². The van der Waals surface area contributed by atoms with Gasteiger partial charge in [0.15, 0.2) is 0 Å². The Bertz CT molecular complexity index is 453. The van der Waals surface area contributed by atoms with Crippen LogP contribution in [-0.4, -0.2) is 19.0 Å². The van der Waals surface area contributed by atoms with E-state index in [2.05, 4.69) is 39.3 Å². The Morgan fingerprint density at radius 3 is 2.89 bits per heavy atom. The molecule has 4 heteroatoms. The molecule has 1 aliphatic rings. The van der Waals surface area contributed by atoms with E-state index in [1.807, 2.05) is 26.0 Å². The molecule has 0 aromatic heterocycles. The van der Waals surface area contributed by atoms with Crippen LogP contribution in [0.5, 0.6) is 0 Å². The summed E-state index contributed by atoms with van der Waals surface area (Å²) in [7, 11) is 0. The second-order valence-corrected chi connectivity index (χ2v) is 6.50. The Kier molecular flexibility index (Phi) is 4.27. The molecule has 1 amide bonds. The Hall–Kier alpha value is -0.620. The molecule has 0 aliphatic carbocycles. The molecule has 98 valence electrons. The summed E-state index contributed by atoms with van der Waals surface area (Å²) in [5, 5.41) is 6.37. The van der Waals surface area contributed by atoms with Crippen molar-refractivity contribution in [2.45, 2.75) is 26.7 Å². The van der Waals surface area contributed by atoms with E-state index in [9.17, 15) is 4.79 Å². The zero-order chi connectivity index (χ0) is 13.2. The minimum absolute atomic E-state index is 0.124. The van der Waals surface area contributed by atoms with Gasteiger partial charge >= 0.3 is 0 Å². The first-order valence-corrected chi connectivity index (χ1v) is 7.37. The number of anilines is 1. The van der Waals surface area contributed by atoms with E-state index in [4.69, 9.17) is 0 Å². The molecular weight excluding hydrogens is 339 g/mol. The monoisotopic (exact) mass is 358 g/mol. The topological polar surface area (TPSA) is 41.1 Å². The molecule has 1 aliphatic heterocycles. The zero-order valence-electron chi connectivity index (χ0n) is 10.8. The van der Waals surface area contributed by atoms with Gasteiger partial charge in [0.1, 0.15) is 0 Å². The van der Waals surface area contributed by atoms with E-state index < -0.39 is 0 Å². The van der Waals surface area contributed by atoms with Crippen LogP contribution in [0.4, 0.5) is 5.69 Å². The SMILES string of the molecule is Cc1cc(I)ccc1NC(=O)C1(C)CCCNC1. The quantitative estimate of drug-likeness (QED) is 0.799. The van der Waals surface area contributed by atoms with Gasteiger partial charge in [0.25, 0.3) is 0 Å². The molecule has 0 spiro atoms. The fourth-order valence-electron chi connectivity index (χ4n) is 2.29. The molecule has 2 N–H and O–H groups in total. The molecule has 1 saturated heterocycles. The van der Waals surface area contributed by atoms with Gasteiger partial charge in [-0.2, -0.15) is 0 Å². The van der Waals surface area contributed by atoms with E-state index in [0.29, 0.717) is 0 Å². The van der Waals surface area contributed by atoms with Crippen molar-refractivity contribution in [1.82, 2.24) is 5.32 Å². The Morgan fingerprint density at radius 2 is 2.28 bits per heavy atom. The van der Waals surface area contributed by atoms with Gasteiger partial charge in [0.05, 0.1) is 5.41 Å². The number of carbonyl (C=O) groups excluding carboxylic acids is 1. The maximum atomic E-state index is 12.4. The lowest BCUT2D eigenvalue weighted by atomic mass is 9.82. The first-order valence-electron chi connectivity index (χ1n) is 6.30. The van der Waals surface area contributed by atoms with Crippen LogP contribution in [0.25, 0.3) is 0 Å². The van der Waals surface area contributed by atoms with Gasteiger partial charge in [-0.3, -0.25) is 4.79 Å². The highest BCUT2D eigenvalue weighted by molar-refractivity contribution is 14.1. The van der Waals surface area contributed by atoms with Crippen LogP contribution < -0.4 is 10.6 Å². The van der Waals surface area contributed by atoms with Gasteiger partial charge in [0.2, 0.25) is 5.91 Å². The van der Waals surface area contributed by atoms with Gasteiger partial charge < -0.3 is 10.6 Å². The fourth-order valence-corrected chi connectivity index (χ4v) is 2.94. The van der Waals surface area contributed by atoms with E-state index >= 15 is 0 Å². The van der Waals surface area contributed by atoms with Gasteiger partial charge in [-0.05, 0) is 79.6 Å². The number of halogens is 1. The van der Waals surface area contributed by atoms with E-state index in [0.717, 1.165) is 37.2 Å². The summed E-state index contributed by atoms with van der Waals surface area (Å²) in [6.45, 7) is 5.85. The lowest BCUT2D eigenvalue weighted by Crippen LogP contribution is -2.46. The predicted molar refractivity (Wildman–Crippen MR) is 82.7 cm³/mol. The number of aryl methyl sites for hydroxylation is 1. The molecule has 1 heterocycles. The first-order chi connectivity index (χ1) is 8.51. The third-order valence-corrected chi connectivity index (χ3v) is 4.25. The summed E-state index contributed by atoms with van der Waals surface area (Å²) < 4.78 is 1.19. The molecule has 1 aromatic rings. The fraction of sp³-hybridized carbons (Fsp3) is 0.500. The summed E-state index contributed by atoms with van der Waals surface area (Å²) in [5.41, 5.74) is 1.75. The van der Waals surface area contributed by atoms with Crippen LogP contribution in [-0.2, 0) is 4.79 Å². The highest BCUT2D eigenvalue weighted by atomic mass is 127. The second-order valence-electron chi connectivity index (χ2n) is 5.25. The Morgan fingerprint density at radius 1 is 1.50 bits per heavy atom. The van der Waals surface area contributed by atoms with Gasteiger partial charge in [-0.25, -0.2) is 0 Å². The molecule has 3 nitrogen and oxygen atoms in total. The molecule has 1 aromatic carbocycles. The van der Waals surface area contributed by atoms with Gasteiger partial charge in [0, 0.05) is 15.8 Å². The molecule has 0 saturated carbocycles. The predicted octanol–water partition coefficient (Wildman–Crippen LogP) is 2.93. The van der Waals surface area contributed by atoms with Crippen molar-refractivity contribution in [2.24, 2.45) is 5.41 Å². The van der Waals surface area contributed by atoms with Crippen LogP contribution in [0.3, 0.4) is 0 Å². The van der Waals surface area contributed by atoms with Crippen LogP contribution in [0, 0.1) is 15.9 Å². The number of hydrogen-bond donors (Lipinski definition) is 2. The highest BCUT2D eigenvalue weighted by Gasteiger charge is 2.34. The zero-order valence-corrected chi connectivity index (χ0v) is 13.0. The largest absolute Gasteiger partial charge is 0.325 e. The van der Waals surface area contributed by atoms with E-state index in [1.54, 1.807) is 0 Å². The standard InChI is InChI=1S/C14H19IN2O/c1-10-8-11(15)4-5-12(10)17-13(18)14(2)6-3-7-16-9-14/h4-5,8,16H,3,6-7,9H2,1-2H3,(H,17,18). The number of hydrogen-bond acceptors (Lipinski definition) is 2. The van der Waals surface area contributed by atoms with E-state index in [1.165, 1.54) is 3.57 Å². The molecule has 0 radical (unpaired) electrons. The Balaban J connectivity index is 2.11. The summed E-state index contributed by atoms with van der Waals surface area (Å²) in [6, 6.07) is 6.08. The molecule has 18 heavy (non-hydrogen) atoms. The molecular formula is C14H19IN2O. The summed E-state index contributed by atoms with van der Waals surface area (Å²) in [4.78, 5) is 12.4. The lowest BCUT2D eigenvalue weighted by molar-refractivity contribution is -0.125. The number of benzene rings is 1. The average molecular weight is 358 g/mol. The van der Waals surface area contributed by atoms with Crippen molar-refractivity contribution >= 4 is 34.2 Å². The van der Waals surface area contributed by atoms with E-state index in [-0.39, 0.29) is 11.3 Å². The van der Waals surface area contributed by atoms with Gasteiger partial charge in [-0.1, -0.05) is 0 Å².